The molecule has 0 unspecified atom stereocenters. The monoisotopic (exact) mass is 193 g/mol. The van der Waals surface area contributed by atoms with Crippen LogP contribution in [0.2, 0.25) is 0 Å². The fourth-order valence-electron chi connectivity index (χ4n) is 1.85. The van der Waals surface area contributed by atoms with Crippen LogP contribution in [-0.4, -0.2) is 27.1 Å². The summed E-state index contributed by atoms with van der Waals surface area (Å²) in [5.41, 5.74) is 2.18. The van der Waals surface area contributed by atoms with E-state index in [-0.39, 0.29) is 5.91 Å². The SMILES string of the molecule is CCC(=O)N1CCn2nc(C)cc2C1. The standard InChI is InChI=1S/C10H15N3O/c1-3-10(14)12-4-5-13-9(7-12)6-8(2)11-13/h6H,3-5,7H2,1-2H3. The van der Waals surface area contributed by atoms with Gasteiger partial charge >= 0.3 is 0 Å². The average Bonchev–Trinajstić information content (AvgIpc) is 2.55. The van der Waals surface area contributed by atoms with Gasteiger partial charge in [0, 0.05) is 13.0 Å². The van der Waals surface area contributed by atoms with Crippen molar-refractivity contribution in [1.29, 1.82) is 0 Å². The van der Waals surface area contributed by atoms with Gasteiger partial charge in [-0.05, 0) is 13.0 Å². The van der Waals surface area contributed by atoms with E-state index in [2.05, 4.69) is 11.2 Å². The van der Waals surface area contributed by atoms with Crippen LogP contribution in [0.4, 0.5) is 0 Å². The zero-order chi connectivity index (χ0) is 10.1. The highest BCUT2D eigenvalue weighted by molar-refractivity contribution is 5.75. The molecule has 1 aromatic heterocycles. The minimum Gasteiger partial charge on any atom is -0.335 e. The number of fused-ring (bicyclic) bond motifs is 1. The molecule has 2 heterocycles. The molecule has 4 heteroatoms. The van der Waals surface area contributed by atoms with Gasteiger partial charge in [0.2, 0.25) is 5.91 Å². The van der Waals surface area contributed by atoms with E-state index >= 15 is 0 Å². The Bertz CT molecular complexity index is 356. The van der Waals surface area contributed by atoms with E-state index in [1.165, 1.54) is 0 Å². The first kappa shape index (κ1) is 9.24. The maximum absolute atomic E-state index is 11.5. The van der Waals surface area contributed by atoms with Gasteiger partial charge in [-0.2, -0.15) is 5.10 Å². The van der Waals surface area contributed by atoms with Crippen LogP contribution in [0.5, 0.6) is 0 Å². The molecule has 2 rings (SSSR count). The van der Waals surface area contributed by atoms with Crippen LogP contribution < -0.4 is 0 Å². The van der Waals surface area contributed by atoms with E-state index in [9.17, 15) is 4.79 Å². The molecule has 0 atom stereocenters. The molecule has 0 bridgehead atoms. The summed E-state index contributed by atoms with van der Waals surface area (Å²) < 4.78 is 1.99. The van der Waals surface area contributed by atoms with Crippen LogP contribution in [0, 0.1) is 6.92 Å². The van der Waals surface area contributed by atoms with Gasteiger partial charge in [-0.25, -0.2) is 0 Å². The molecule has 76 valence electrons. The Morgan fingerprint density at radius 3 is 3.07 bits per heavy atom. The van der Waals surface area contributed by atoms with Crippen molar-refractivity contribution in [2.45, 2.75) is 33.4 Å². The number of carbonyl (C=O) groups is 1. The molecular weight excluding hydrogens is 178 g/mol. The van der Waals surface area contributed by atoms with Crippen molar-refractivity contribution in [1.82, 2.24) is 14.7 Å². The maximum Gasteiger partial charge on any atom is 0.222 e. The zero-order valence-corrected chi connectivity index (χ0v) is 8.66. The molecule has 4 nitrogen and oxygen atoms in total. The Kier molecular flexibility index (Phi) is 2.27. The Balaban J connectivity index is 2.16. The van der Waals surface area contributed by atoms with Crippen molar-refractivity contribution in [3.63, 3.8) is 0 Å². The Morgan fingerprint density at radius 2 is 2.36 bits per heavy atom. The van der Waals surface area contributed by atoms with Crippen LogP contribution in [0.1, 0.15) is 24.7 Å². The lowest BCUT2D eigenvalue weighted by molar-refractivity contribution is -0.132. The van der Waals surface area contributed by atoms with E-state index in [4.69, 9.17) is 0 Å². The smallest absolute Gasteiger partial charge is 0.222 e. The molecule has 1 amide bonds. The molecule has 0 N–H and O–H groups in total. The second-order valence-electron chi connectivity index (χ2n) is 3.67. The van der Waals surface area contributed by atoms with Crippen LogP contribution in [0.3, 0.4) is 0 Å². The lowest BCUT2D eigenvalue weighted by atomic mass is 10.2. The molecule has 1 aliphatic heterocycles. The van der Waals surface area contributed by atoms with E-state index in [0.717, 1.165) is 24.5 Å². The second kappa shape index (κ2) is 3.44. The molecule has 1 aliphatic rings. The Hall–Kier alpha value is -1.32. The highest BCUT2D eigenvalue weighted by Crippen LogP contribution is 2.13. The average molecular weight is 193 g/mol. The lowest BCUT2D eigenvalue weighted by Gasteiger charge is -2.27. The normalized spacial score (nSPS) is 15.4. The largest absolute Gasteiger partial charge is 0.335 e. The van der Waals surface area contributed by atoms with Gasteiger partial charge in [0.1, 0.15) is 0 Å². The molecule has 0 aliphatic carbocycles. The van der Waals surface area contributed by atoms with Crippen LogP contribution in [-0.2, 0) is 17.9 Å². The second-order valence-corrected chi connectivity index (χ2v) is 3.67. The number of hydrogen-bond acceptors (Lipinski definition) is 2. The van der Waals surface area contributed by atoms with Crippen molar-refractivity contribution >= 4 is 5.91 Å². The maximum atomic E-state index is 11.5. The molecule has 14 heavy (non-hydrogen) atoms. The molecule has 1 aromatic rings. The van der Waals surface area contributed by atoms with Crippen LogP contribution in [0.25, 0.3) is 0 Å². The highest BCUT2D eigenvalue weighted by atomic mass is 16.2. The summed E-state index contributed by atoms with van der Waals surface area (Å²) in [6.45, 7) is 6.22. The minimum absolute atomic E-state index is 0.232. The van der Waals surface area contributed by atoms with Crippen molar-refractivity contribution < 1.29 is 4.79 Å². The van der Waals surface area contributed by atoms with Crippen LogP contribution >= 0.6 is 0 Å². The van der Waals surface area contributed by atoms with Gasteiger partial charge in [0.25, 0.3) is 0 Å². The number of carbonyl (C=O) groups excluding carboxylic acids is 1. The van der Waals surface area contributed by atoms with Gasteiger partial charge in [-0.1, -0.05) is 6.92 Å². The topological polar surface area (TPSA) is 38.1 Å². The van der Waals surface area contributed by atoms with Gasteiger partial charge < -0.3 is 4.90 Å². The molecule has 0 fully saturated rings. The predicted molar refractivity (Wildman–Crippen MR) is 52.7 cm³/mol. The summed E-state index contributed by atoms with van der Waals surface area (Å²) in [6.07, 6.45) is 0.590. The third-order valence-corrected chi connectivity index (χ3v) is 2.58. The third kappa shape index (κ3) is 1.52. The van der Waals surface area contributed by atoms with E-state index < -0.39 is 0 Å². The van der Waals surface area contributed by atoms with Gasteiger partial charge in [0.15, 0.2) is 0 Å². The fourth-order valence-corrected chi connectivity index (χ4v) is 1.85. The highest BCUT2D eigenvalue weighted by Gasteiger charge is 2.20. The first-order valence-corrected chi connectivity index (χ1v) is 5.02. The van der Waals surface area contributed by atoms with Crippen LogP contribution in [0.15, 0.2) is 6.07 Å². The summed E-state index contributed by atoms with van der Waals surface area (Å²) in [7, 11) is 0. The number of rotatable bonds is 1. The van der Waals surface area contributed by atoms with E-state index in [1.807, 2.05) is 23.4 Å². The summed E-state index contributed by atoms with van der Waals surface area (Å²) in [4.78, 5) is 13.4. The van der Waals surface area contributed by atoms with Crippen molar-refractivity contribution in [2.75, 3.05) is 6.54 Å². The fraction of sp³-hybridized carbons (Fsp3) is 0.600. The van der Waals surface area contributed by atoms with Gasteiger partial charge in [0.05, 0.1) is 24.5 Å². The van der Waals surface area contributed by atoms with Gasteiger partial charge in [-0.3, -0.25) is 9.48 Å². The molecule has 0 radical (unpaired) electrons. The van der Waals surface area contributed by atoms with Crippen molar-refractivity contribution in [2.24, 2.45) is 0 Å². The lowest BCUT2D eigenvalue weighted by Crippen LogP contribution is -2.37. The molecule has 0 saturated carbocycles. The number of aryl methyl sites for hydroxylation is 1. The molecular formula is C10H15N3O. The summed E-state index contributed by atoms with van der Waals surface area (Å²) in [6, 6.07) is 2.05. The summed E-state index contributed by atoms with van der Waals surface area (Å²) >= 11 is 0. The number of aromatic nitrogens is 2. The number of hydrogen-bond donors (Lipinski definition) is 0. The number of nitrogens with zero attached hydrogens (tertiary/aromatic N) is 3. The predicted octanol–water partition coefficient (Wildman–Crippen LogP) is 0.944. The Morgan fingerprint density at radius 1 is 1.57 bits per heavy atom. The number of amides is 1. The summed E-state index contributed by atoms with van der Waals surface area (Å²) in [5.74, 6) is 0.232. The van der Waals surface area contributed by atoms with E-state index in [1.54, 1.807) is 0 Å². The van der Waals surface area contributed by atoms with Crippen molar-refractivity contribution in [3.8, 4) is 0 Å². The Labute approximate surface area is 83.5 Å². The van der Waals surface area contributed by atoms with Crippen molar-refractivity contribution in [3.05, 3.63) is 17.5 Å². The zero-order valence-electron chi connectivity index (χ0n) is 8.66. The molecule has 0 saturated heterocycles. The quantitative estimate of drug-likeness (QED) is 0.666. The third-order valence-electron chi connectivity index (χ3n) is 2.58. The van der Waals surface area contributed by atoms with E-state index in [0.29, 0.717) is 13.0 Å². The first-order valence-electron chi connectivity index (χ1n) is 5.02. The molecule has 0 spiro atoms. The summed E-state index contributed by atoms with van der Waals surface area (Å²) in [5, 5.41) is 4.35. The first-order chi connectivity index (χ1) is 6.70. The molecule has 0 aromatic carbocycles. The minimum atomic E-state index is 0.232. The van der Waals surface area contributed by atoms with Gasteiger partial charge in [-0.15, -0.1) is 0 Å².